The van der Waals surface area contributed by atoms with Gasteiger partial charge in [-0.1, -0.05) is 24.6 Å². The normalized spacial score (nSPS) is 30.7. The zero-order valence-corrected chi connectivity index (χ0v) is 12.5. The van der Waals surface area contributed by atoms with Crippen LogP contribution in [0.2, 0.25) is 0 Å². The molecule has 0 saturated heterocycles. The molecule has 1 aliphatic carbocycles. The molecule has 4 rings (SSSR count). The van der Waals surface area contributed by atoms with Crippen molar-refractivity contribution < 1.29 is 9.90 Å². The predicted octanol–water partition coefficient (Wildman–Crippen LogP) is 2.07. The smallest absolute Gasteiger partial charge is 0.221 e. The first-order valence-corrected chi connectivity index (χ1v) is 7.97. The zero-order chi connectivity index (χ0) is 14.6. The van der Waals surface area contributed by atoms with E-state index < -0.39 is 6.23 Å². The number of fused-ring (bicyclic) bond motifs is 2. The summed E-state index contributed by atoms with van der Waals surface area (Å²) < 4.78 is 0. The lowest BCUT2D eigenvalue weighted by Crippen LogP contribution is -2.45. The Morgan fingerprint density at radius 1 is 1.29 bits per heavy atom. The SMILES string of the molecule is CC(=O)N1Cc2cccc3c2N(CC2CCCC32)CC1O. The summed E-state index contributed by atoms with van der Waals surface area (Å²) in [6.07, 6.45) is 3.18. The molecule has 0 aromatic heterocycles. The third kappa shape index (κ3) is 1.96. The van der Waals surface area contributed by atoms with Crippen LogP contribution >= 0.6 is 0 Å². The molecule has 4 heteroatoms. The molecule has 3 atom stereocenters. The standard InChI is InChI=1S/C17H22N2O2/c1-11(20)19-9-13-5-3-7-15-14-6-2-4-12(14)8-18(17(13)15)10-16(19)21/h3,5,7,12,14,16,21H,2,4,6,8-10H2,1H3. The van der Waals surface area contributed by atoms with Gasteiger partial charge >= 0.3 is 0 Å². The molecule has 1 N–H and O–H groups in total. The Morgan fingerprint density at radius 3 is 2.95 bits per heavy atom. The summed E-state index contributed by atoms with van der Waals surface area (Å²) in [7, 11) is 0. The Morgan fingerprint density at radius 2 is 2.14 bits per heavy atom. The predicted molar refractivity (Wildman–Crippen MR) is 81.0 cm³/mol. The first-order chi connectivity index (χ1) is 10.1. The number of rotatable bonds is 0. The fraction of sp³-hybridized carbons (Fsp3) is 0.588. The van der Waals surface area contributed by atoms with Crippen LogP contribution < -0.4 is 4.90 Å². The Hall–Kier alpha value is -1.55. The van der Waals surface area contributed by atoms with Gasteiger partial charge in [-0.2, -0.15) is 0 Å². The van der Waals surface area contributed by atoms with Gasteiger partial charge in [0.2, 0.25) is 5.91 Å². The molecule has 1 aromatic carbocycles. The number of carbonyl (C=O) groups excluding carboxylic acids is 1. The van der Waals surface area contributed by atoms with Gasteiger partial charge in [-0.05, 0) is 35.8 Å². The van der Waals surface area contributed by atoms with E-state index in [1.807, 2.05) is 0 Å². The van der Waals surface area contributed by atoms with Crippen LogP contribution in [0, 0.1) is 5.92 Å². The summed E-state index contributed by atoms with van der Waals surface area (Å²) in [6.45, 7) is 3.62. The Kier molecular flexibility index (Phi) is 2.96. The fourth-order valence-corrected chi connectivity index (χ4v) is 4.53. The Balaban J connectivity index is 1.82. The zero-order valence-electron chi connectivity index (χ0n) is 12.5. The highest BCUT2D eigenvalue weighted by atomic mass is 16.3. The maximum Gasteiger partial charge on any atom is 0.221 e. The number of hydrogen-bond acceptors (Lipinski definition) is 3. The topological polar surface area (TPSA) is 43.8 Å². The van der Waals surface area contributed by atoms with Crippen LogP contribution in [0.25, 0.3) is 0 Å². The van der Waals surface area contributed by atoms with Crippen molar-refractivity contribution in [3.05, 3.63) is 29.3 Å². The number of benzene rings is 1. The molecule has 1 aromatic rings. The van der Waals surface area contributed by atoms with Crippen molar-refractivity contribution in [2.75, 3.05) is 18.0 Å². The summed E-state index contributed by atoms with van der Waals surface area (Å²) in [5, 5.41) is 10.4. The Bertz CT molecular complexity index is 586. The van der Waals surface area contributed by atoms with Gasteiger partial charge in [0.05, 0.1) is 13.1 Å². The lowest BCUT2D eigenvalue weighted by molar-refractivity contribution is -0.139. The van der Waals surface area contributed by atoms with Crippen LogP contribution in [-0.4, -0.2) is 35.2 Å². The molecular formula is C17H22N2O2. The highest BCUT2D eigenvalue weighted by molar-refractivity contribution is 5.75. The second-order valence-electron chi connectivity index (χ2n) is 6.68. The van der Waals surface area contributed by atoms with Gasteiger partial charge in [0.25, 0.3) is 0 Å². The van der Waals surface area contributed by atoms with Gasteiger partial charge < -0.3 is 14.9 Å². The largest absolute Gasteiger partial charge is 0.372 e. The van der Waals surface area contributed by atoms with E-state index in [1.54, 1.807) is 4.90 Å². The minimum Gasteiger partial charge on any atom is -0.372 e. The molecule has 0 spiro atoms. The van der Waals surface area contributed by atoms with Gasteiger partial charge in [0, 0.05) is 19.2 Å². The minimum absolute atomic E-state index is 0.0554. The van der Waals surface area contributed by atoms with E-state index >= 15 is 0 Å². The number of carbonyl (C=O) groups is 1. The van der Waals surface area contributed by atoms with Gasteiger partial charge in [-0.25, -0.2) is 0 Å². The van der Waals surface area contributed by atoms with E-state index in [0.29, 0.717) is 24.9 Å². The van der Waals surface area contributed by atoms with Crippen LogP contribution in [0.3, 0.4) is 0 Å². The molecule has 112 valence electrons. The van der Waals surface area contributed by atoms with Gasteiger partial charge in [0.1, 0.15) is 6.23 Å². The third-order valence-corrected chi connectivity index (χ3v) is 5.47. The first-order valence-electron chi connectivity index (χ1n) is 7.97. The van der Waals surface area contributed by atoms with Crippen LogP contribution in [0.1, 0.15) is 43.2 Å². The molecule has 2 heterocycles. The monoisotopic (exact) mass is 286 g/mol. The fourth-order valence-electron chi connectivity index (χ4n) is 4.53. The summed E-state index contributed by atoms with van der Waals surface area (Å²) in [4.78, 5) is 15.7. The van der Waals surface area contributed by atoms with Crippen LogP contribution in [-0.2, 0) is 11.3 Å². The Labute approximate surface area is 125 Å². The number of nitrogens with zero attached hydrogens (tertiary/aromatic N) is 2. The number of anilines is 1. The van der Waals surface area contributed by atoms with E-state index in [-0.39, 0.29) is 5.91 Å². The van der Waals surface area contributed by atoms with E-state index in [1.165, 1.54) is 43.0 Å². The average molecular weight is 286 g/mol. The van der Waals surface area contributed by atoms with Crippen LogP contribution in [0.4, 0.5) is 5.69 Å². The van der Waals surface area contributed by atoms with Crippen LogP contribution in [0.15, 0.2) is 18.2 Å². The lowest BCUT2D eigenvalue weighted by Gasteiger charge is -2.39. The average Bonchev–Trinajstić information content (AvgIpc) is 2.86. The first kappa shape index (κ1) is 13.1. The van der Waals surface area contributed by atoms with Gasteiger partial charge in [0.15, 0.2) is 0 Å². The van der Waals surface area contributed by atoms with Crippen molar-refractivity contribution >= 4 is 11.6 Å². The van der Waals surface area contributed by atoms with Crippen molar-refractivity contribution in [2.24, 2.45) is 5.92 Å². The number of amides is 1. The number of aliphatic hydroxyl groups is 1. The lowest BCUT2D eigenvalue weighted by atomic mass is 9.82. The third-order valence-electron chi connectivity index (χ3n) is 5.47. The number of hydrogen-bond donors (Lipinski definition) is 1. The molecule has 1 saturated carbocycles. The van der Waals surface area contributed by atoms with Crippen molar-refractivity contribution in [1.29, 1.82) is 0 Å². The van der Waals surface area contributed by atoms with Crippen molar-refractivity contribution in [3.8, 4) is 0 Å². The van der Waals surface area contributed by atoms with E-state index in [2.05, 4.69) is 23.1 Å². The highest BCUT2D eigenvalue weighted by Gasteiger charge is 2.40. The molecule has 21 heavy (non-hydrogen) atoms. The molecule has 1 amide bonds. The summed E-state index contributed by atoms with van der Waals surface area (Å²) in [5.41, 5.74) is 3.92. The van der Waals surface area contributed by atoms with Crippen molar-refractivity contribution in [2.45, 2.75) is 44.9 Å². The molecule has 0 bridgehead atoms. The molecule has 4 nitrogen and oxygen atoms in total. The van der Waals surface area contributed by atoms with E-state index in [9.17, 15) is 9.90 Å². The summed E-state index contributed by atoms with van der Waals surface area (Å²) in [6, 6.07) is 6.47. The summed E-state index contributed by atoms with van der Waals surface area (Å²) in [5.74, 6) is 1.33. The van der Waals surface area contributed by atoms with Gasteiger partial charge in [-0.3, -0.25) is 4.79 Å². The van der Waals surface area contributed by atoms with E-state index in [0.717, 1.165) is 6.54 Å². The van der Waals surface area contributed by atoms with Crippen molar-refractivity contribution in [3.63, 3.8) is 0 Å². The molecule has 0 radical (unpaired) electrons. The number of para-hydroxylation sites is 1. The minimum atomic E-state index is -0.708. The number of aliphatic hydroxyl groups excluding tert-OH is 1. The maximum absolute atomic E-state index is 11.8. The molecular weight excluding hydrogens is 264 g/mol. The molecule has 1 fully saturated rings. The quantitative estimate of drug-likeness (QED) is 0.794. The molecule has 3 unspecified atom stereocenters. The van der Waals surface area contributed by atoms with Gasteiger partial charge in [-0.15, -0.1) is 0 Å². The second kappa shape index (κ2) is 4.73. The van der Waals surface area contributed by atoms with Crippen molar-refractivity contribution in [1.82, 2.24) is 4.90 Å². The second-order valence-corrected chi connectivity index (χ2v) is 6.68. The van der Waals surface area contributed by atoms with E-state index in [4.69, 9.17) is 0 Å². The van der Waals surface area contributed by atoms with Crippen LogP contribution in [0.5, 0.6) is 0 Å². The molecule has 3 aliphatic rings. The highest BCUT2D eigenvalue weighted by Crippen LogP contribution is 2.49. The maximum atomic E-state index is 11.8. The molecule has 2 aliphatic heterocycles. The summed E-state index contributed by atoms with van der Waals surface area (Å²) >= 11 is 0.